The minimum Gasteiger partial charge on any atom is -0.352 e. The molecule has 3 heteroatoms. The Morgan fingerprint density at radius 1 is 1.44 bits per heavy atom. The van der Waals surface area contributed by atoms with Crippen molar-refractivity contribution in [2.24, 2.45) is 0 Å². The summed E-state index contributed by atoms with van der Waals surface area (Å²) < 4.78 is 0. The second kappa shape index (κ2) is 5.11. The van der Waals surface area contributed by atoms with E-state index in [9.17, 15) is 0 Å². The zero-order chi connectivity index (χ0) is 12.4. The van der Waals surface area contributed by atoms with E-state index in [-0.39, 0.29) is 0 Å². The largest absolute Gasteiger partial charge is 0.352 e. The highest BCUT2D eigenvalue weighted by Gasteiger charge is 2.21. The summed E-state index contributed by atoms with van der Waals surface area (Å²) in [5.41, 5.74) is 2.78. The van der Waals surface area contributed by atoms with Crippen molar-refractivity contribution in [2.45, 2.75) is 38.8 Å². The summed E-state index contributed by atoms with van der Waals surface area (Å²) in [6.45, 7) is 5.27. The van der Waals surface area contributed by atoms with Crippen LogP contribution in [0.2, 0.25) is 0 Å². The maximum absolute atomic E-state index is 4.59. The van der Waals surface area contributed by atoms with Crippen LogP contribution in [-0.4, -0.2) is 24.1 Å². The van der Waals surface area contributed by atoms with Crippen molar-refractivity contribution in [1.82, 2.24) is 10.3 Å². The lowest BCUT2D eigenvalue weighted by Crippen LogP contribution is -2.31. The van der Waals surface area contributed by atoms with Crippen LogP contribution in [0.15, 0.2) is 30.0 Å². The van der Waals surface area contributed by atoms with Gasteiger partial charge in [-0.15, -0.1) is 0 Å². The van der Waals surface area contributed by atoms with E-state index in [1.165, 1.54) is 24.0 Å². The number of anilines is 1. The normalized spacial score (nSPS) is 19.8. The maximum Gasteiger partial charge on any atom is 0.133 e. The number of rotatable bonds is 4. The van der Waals surface area contributed by atoms with Gasteiger partial charge in [-0.05, 0) is 32.3 Å². The number of hydrogen-bond acceptors (Lipinski definition) is 3. The van der Waals surface area contributed by atoms with Crippen molar-refractivity contribution in [3.8, 4) is 0 Å². The zero-order valence-corrected chi connectivity index (χ0v) is 11.0. The molecule has 96 valence electrons. The third kappa shape index (κ3) is 2.72. The third-order valence-corrected chi connectivity index (χ3v) is 3.66. The van der Waals surface area contributed by atoms with Crippen molar-refractivity contribution in [1.29, 1.82) is 0 Å². The Hall–Kier alpha value is -1.35. The van der Waals surface area contributed by atoms with Crippen molar-refractivity contribution in [3.05, 3.63) is 35.5 Å². The molecule has 2 aliphatic rings. The van der Waals surface area contributed by atoms with Gasteiger partial charge in [0.2, 0.25) is 0 Å². The summed E-state index contributed by atoms with van der Waals surface area (Å²) in [4.78, 5) is 7.00. The van der Waals surface area contributed by atoms with Crippen LogP contribution in [0.5, 0.6) is 0 Å². The topological polar surface area (TPSA) is 28.2 Å². The molecule has 3 nitrogen and oxygen atoms in total. The van der Waals surface area contributed by atoms with Gasteiger partial charge in [-0.25, -0.2) is 4.98 Å². The number of aromatic nitrogens is 1. The second-order valence-electron chi connectivity index (χ2n) is 5.40. The molecular weight excluding hydrogens is 222 g/mol. The molecule has 1 aromatic rings. The van der Waals surface area contributed by atoms with E-state index in [0.717, 1.165) is 37.9 Å². The summed E-state index contributed by atoms with van der Waals surface area (Å²) >= 11 is 0. The van der Waals surface area contributed by atoms with E-state index in [4.69, 9.17) is 0 Å². The quantitative estimate of drug-likeness (QED) is 0.824. The van der Waals surface area contributed by atoms with E-state index in [2.05, 4.69) is 34.3 Å². The highest BCUT2D eigenvalue weighted by Crippen LogP contribution is 2.24. The zero-order valence-electron chi connectivity index (χ0n) is 11.0. The monoisotopic (exact) mass is 243 g/mol. The first-order valence-corrected chi connectivity index (χ1v) is 6.91. The van der Waals surface area contributed by atoms with Crippen LogP contribution in [0.4, 0.5) is 5.82 Å². The average Bonchev–Trinajstić information content (AvgIpc) is 3.21. The first-order valence-electron chi connectivity index (χ1n) is 6.91. The molecule has 0 atom stereocenters. The van der Waals surface area contributed by atoms with Crippen molar-refractivity contribution >= 4 is 5.82 Å². The van der Waals surface area contributed by atoms with E-state index in [0.29, 0.717) is 0 Å². The Morgan fingerprint density at radius 2 is 2.33 bits per heavy atom. The molecule has 1 saturated carbocycles. The van der Waals surface area contributed by atoms with Gasteiger partial charge in [0.25, 0.3) is 0 Å². The molecule has 0 bridgehead atoms. The molecule has 0 unspecified atom stereocenters. The standard InChI is InChI=1S/C15H21N3/c1-12-4-3-9-18(11-12)15-13(5-2-8-16-15)10-17-14-6-7-14/h2,4-5,8,14,17H,3,6-7,9-11H2,1H3. The summed E-state index contributed by atoms with van der Waals surface area (Å²) in [6, 6.07) is 4.99. The second-order valence-corrected chi connectivity index (χ2v) is 5.40. The molecule has 0 spiro atoms. The smallest absolute Gasteiger partial charge is 0.133 e. The third-order valence-electron chi connectivity index (χ3n) is 3.66. The Bertz CT molecular complexity index is 449. The molecule has 0 radical (unpaired) electrons. The molecule has 3 rings (SSSR count). The summed E-state index contributed by atoms with van der Waals surface area (Å²) in [6.07, 6.45) is 8.05. The van der Waals surface area contributed by atoms with Crippen LogP contribution in [0.25, 0.3) is 0 Å². The van der Waals surface area contributed by atoms with Crippen molar-refractivity contribution < 1.29 is 0 Å². The molecule has 1 fully saturated rings. The Kier molecular flexibility index (Phi) is 3.33. The molecule has 1 N–H and O–H groups in total. The highest BCUT2D eigenvalue weighted by molar-refractivity contribution is 5.48. The molecule has 1 aliphatic carbocycles. The molecule has 2 heterocycles. The van der Waals surface area contributed by atoms with E-state index >= 15 is 0 Å². The minimum absolute atomic E-state index is 0.751. The summed E-state index contributed by atoms with van der Waals surface area (Å²) in [5, 5.41) is 3.58. The fourth-order valence-corrected chi connectivity index (χ4v) is 2.49. The summed E-state index contributed by atoms with van der Waals surface area (Å²) in [5.74, 6) is 1.16. The van der Waals surface area contributed by atoms with Gasteiger partial charge in [-0.2, -0.15) is 0 Å². The average molecular weight is 243 g/mol. The first-order chi connectivity index (χ1) is 8.83. The lowest BCUT2D eigenvalue weighted by Gasteiger charge is -2.29. The predicted molar refractivity (Wildman–Crippen MR) is 74.7 cm³/mol. The molecule has 1 aromatic heterocycles. The Labute approximate surface area is 109 Å². The van der Waals surface area contributed by atoms with E-state index in [1.54, 1.807) is 0 Å². The fraction of sp³-hybridized carbons (Fsp3) is 0.533. The van der Waals surface area contributed by atoms with Gasteiger partial charge in [-0.1, -0.05) is 17.7 Å². The van der Waals surface area contributed by atoms with Gasteiger partial charge >= 0.3 is 0 Å². The van der Waals surface area contributed by atoms with Crippen LogP contribution in [-0.2, 0) is 6.54 Å². The van der Waals surface area contributed by atoms with Crippen LogP contribution >= 0.6 is 0 Å². The van der Waals surface area contributed by atoms with Gasteiger partial charge < -0.3 is 10.2 Å². The molecule has 1 aliphatic heterocycles. The van der Waals surface area contributed by atoms with Gasteiger partial charge in [0.05, 0.1) is 0 Å². The maximum atomic E-state index is 4.59. The van der Waals surface area contributed by atoms with E-state index < -0.39 is 0 Å². The molecule has 18 heavy (non-hydrogen) atoms. The van der Waals surface area contributed by atoms with E-state index in [1.807, 2.05) is 12.3 Å². The molecular formula is C15H21N3. The SMILES string of the molecule is CC1=CCCN(c2ncccc2CNC2CC2)C1. The Morgan fingerprint density at radius 3 is 3.11 bits per heavy atom. The first kappa shape index (κ1) is 11.7. The van der Waals surface area contributed by atoms with Crippen molar-refractivity contribution in [3.63, 3.8) is 0 Å². The molecule has 0 amide bonds. The van der Waals surface area contributed by atoms with Crippen LogP contribution in [0.3, 0.4) is 0 Å². The molecule has 0 aromatic carbocycles. The van der Waals surface area contributed by atoms with Crippen molar-refractivity contribution in [2.75, 3.05) is 18.0 Å². The number of pyridine rings is 1. The van der Waals surface area contributed by atoms with Gasteiger partial charge in [0.15, 0.2) is 0 Å². The lowest BCUT2D eigenvalue weighted by molar-refractivity contribution is 0.678. The fourth-order valence-electron chi connectivity index (χ4n) is 2.49. The molecule has 0 saturated heterocycles. The minimum atomic E-state index is 0.751. The van der Waals surface area contributed by atoms with Gasteiger partial charge in [0.1, 0.15) is 5.82 Å². The number of nitrogens with zero attached hydrogens (tertiary/aromatic N) is 2. The number of nitrogens with one attached hydrogen (secondary N) is 1. The predicted octanol–water partition coefficient (Wildman–Crippen LogP) is 2.49. The van der Waals surface area contributed by atoms with Crippen LogP contribution < -0.4 is 10.2 Å². The number of hydrogen-bond donors (Lipinski definition) is 1. The van der Waals surface area contributed by atoms with Crippen LogP contribution in [0.1, 0.15) is 31.7 Å². The Balaban J connectivity index is 1.75. The van der Waals surface area contributed by atoms with Crippen LogP contribution in [0, 0.1) is 0 Å². The van der Waals surface area contributed by atoms with Gasteiger partial charge in [0, 0.05) is 37.4 Å². The summed E-state index contributed by atoms with van der Waals surface area (Å²) in [7, 11) is 0. The highest BCUT2D eigenvalue weighted by atomic mass is 15.2. The van der Waals surface area contributed by atoms with Gasteiger partial charge in [-0.3, -0.25) is 0 Å². The lowest BCUT2D eigenvalue weighted by atomic mass is 10.1.